The van der Waals surface area contributed by atoms with Crippen LogP contribution in [0.25, 0.3) is 0 Å². The summed E-state index contributed by atoms with van der Waals surface area (Å²) in [7, 11) is 0. The monoisotopic (exact) mass is 213 g/mol. The van der Waals surface area contributed by atoms with Crippen molar-refractivity contribution in [2.24, 2.45) is 16.3 Å². The number of hydrogen-bond donors (Lipinski definition) is 3. The van der Waals surface area contributed by atoms with E-state index in [1.54, 1.807) is 0 Å². The van der Waals surface area contributed by atoms with E-state index in [1.807, 2.05) is 19.9 Å². The van der Waals surface area contributed by atoms with Gasteiger partial charge in [-0.2, -0.15) is 0 Å². The van der Waals surface area contributed by atoms with E-state index >= 15 is 0 Å². The molecule has 0 spiro atoms. The Morgan fingerprint density at radius 3 is 2.73 bits per heavy atom. The van der Waals surface area contributed by atoms with Crippen LogP contribution in [0.5, 0.6) is 0 Å². The second-order valence-electron chi connectivity index (χ2n) is 4.30. The van der Waals surface area contributed by atoms with Crippen LogP contribution in [-0.2, 0) is 0 Å². The number of nitrogens with two attached hydrogens (primary N) is 1. The number of oxime groups is 1. The van der Waals surface area contributed by atoms with Crippen molar-refractivity contribution in [3.8, 4) is 0 Å². The summed E-state index contributed by atoms with van der Waals surface area (Å²) in [5.74, 6) is 0.300. The summed E-state index contributed by atoms with van der Waals surface area (Å²) in [6, 6.07) is 0. The first kappa shape index (κ1) is 14.0. The second-order valence-corrected chi connectivity index (χ2v) is 4.30. The number of nitrogens with zero attached hydrogens (tertiary/aromatic N) is 1. The third-order valence-corrected chi connectivity index (χ3v) is 2.48. The molecule has 0 aromatic heterocycles. The van der Waals surface area contributed by atoms with E-state index in [9.17, 15) is 0 Å². The van der Waals surface area contributed by atoms with Crippen LogP contribution >= 0.6 is 0 Å². The van der Waals surface area contributed by atoms with E-state index in [-0.39, 0.29) is 5.41 Å². The van der Waals surface area contributed by atoms with Crippen molar-refractivity contribution < 1.29 is 5.21 Å². The van der Waals surface area contributed by atoms with E-state index in [2.05, 4.69) is 17.1 Å². The predicted molar refractivity (Wildman–Crippen MR) is 64.1 cm³/mol. The fourth-order valence-electron chi connectivity index (χ4n) is 1.25. The lowest BCUT2D eigenvalue weighted by Gasteiger charge is -2.22. The Morgan fingerprint density at radius 1 is 1.53 bits per heavy atom. The van der Waals surface area contributed by atoms with Crippen LogP contribution in [-0.4, -0.2) is 24.1 Å². The third-order valence-electron chi connectivity index (χ3n) is 2.48. The summed E-state index contributed by atoms with van der Waals surface area (Å²) in [5.41, 5.74) is 5.35. The van der Waals surface area contributed by atoms with E-state index < -0.39 is 0 Å². The first-order chi connectivity index (χ1) is 7.04. The van der Waals surface area contributed by atoms with Crippen molar-refractivity contribution in [2.45, 2.75) is 33.1 Å². The van der Waals surface area contributed by atoms with Crippen LogP contribution in [0.4, 0.5) is 0 Å². The Morgan fingerprint density at radius 2 is 2.20 bits per heavy atom. The Hall–Kier alpha value is -1.03. The summed E-state index contributed by atoms with van der Waals surface area (Å²) in [6.07, 6.45) is 4.81. The Balaban J connectivity index is 3.62. The zero-order chi connectivity index (χ0) is 11.7. The molecule has 15 heavy (non-hydrogen) atoms. The smallest absolute Gasteiger partial charge is 0.144 e. The zero-order valence-electron chi connectivity index (χ0n) is 9.79. The SMILES string of the molecule is C=CCCNCCCC(C)(C)/C(N)=N/O. The van der Waals surface area contributed by atoms with Gasteiger partial charge in [-0.25, -0.2) is 0 Å². The van der Waals surface area contributed by atoms with Gasteiger partial charge in [-0.1, -0.05) is 25.1 Å². The average Bonchev–Trinajstić information content (AvgIpc) is 2.22. The molecule has 0 unspecified atom stereocenters. The minimum atomic E-state index is -0.227. The predicted octanol–water partition coefficient (Wildman–Crippen LogP) is 1.70. The summed E-state index contributed by atoms with van der Waals surface area (Å²) < 4.78 is 0. The lowest BCUT2D eigenvalue weighted by atomic mass is 9.86. The molecule has 0 radical (unpaired) electrons. The Kier molecular flexibility index (Phi) is 6.79. The number of amidine groups is 1. The van der Waals surface area contributed by atoms with Crippen LogP contribution < -0.4 is 11.1 Å². The average molecular weight is 213 g/mol. The highest BCUT2D eigenvalue weighted by molar-refractivity contribution is 5.85. The maximum Gasteiger partial charge on any atom is 0.144 e. The minimum absolute atomic E-state index is 0.227. The molecule has 0 rings (SSSR count). The first-order valence-electron chi connectivity index (χ1n) is 5.34. The first-order valence-corrected chi connectivity index (χ1v) is 5.34. The Labute approximate surface area is 92.2 Å². The molecule has 4 heteroatoms. The normalized spacial score (nSPS) is 12.8. The van der Waals surface area contributed by atoms with Gasteiger partial charge in [0.2, 0.25) is 0 Å². The zero-order valence-corrected chi connectivity index (χ0v) is 9.79. The molecular weight excluding hydrogens is 190 g/mol. The van der Waals surface area contributed by atoms with E-state index in [1.165, 1.54) is 0 Å². The standard InChI is InChI=1S/C11H23N3O/c1-4-5-8-13-9-6-7-11(2,3)10(12)14-15/h4,13,15H,1,5-9H2,2-3H3,(H2,12,14). The van der Waals surface area contributed by atoms with Crippen LogP contribution in [0, 0.1) is 5.41 Å². The molecule has 88 valence electrons. The van der Waals surface area contributed by atoms with Crippen molar-refractivity contribution >= 4 is 5.84 Å². The molecule has 0 aliphatic rings. The number of rotatable bonds is 8. The van der Waals surface area contributed by atoms with Crippen LogP contribution in [0.15, 0.2) is 17.8 Å². The van der Waals surface area contributed by atoms with Gasteiger partial charge in [0.25, 0.3) is 0 Å². The maximum atomic E-state index is 8.58. The van der Waals surface area contributed by atoms with Crippen molar-refractivity contribution in [2.75, 3.05) is 13.1 Å². The highest BCUT2D eigenvalue weighted by Crippen LogP contribution is 2.21. The fraction of sp³-hybridized carbons (Fsp3) is 0.727. The van der Waals surface area contributed by atoms with Gasteiger partial charge in [0, 0.05) is 5.41 Å². The molecule has 0 aliphatic heterocycles. The molecule has 0 aromatic rings. The minimum Gasteiger partial charge on any atom is -0.409 e. The Bertz CT molecular complexity index is 212. The van der Waals surface area contributed by atoms with Gasteiger partial charge in [-0.15, -0.1) is 6.58 Å². The quantitative estimate of drug-likeness (QED) is 0.143. The van der Waals surface area contributed by atoms with Crippen LogP contribution in [0.1, 0.15) is 33.1 Å². The molecule has 4 N–H and O–H groups in total. The third kappa shape index (κ3) is 6.12. The van der Waals surface area contributed by atoms with Gasteiger partial charge in [0.1, 0.15) is 5.84 Å². The van der Waals surface area contributed by atoms with Gasteiger partial charge in [-0.3, -0.25) is 0 Å². The van der Waals surface area contributed by atoms with Gasteiger partial charge < -0.3 is 16.3 Å². The van der Waals surface area contributed by atoms with E-state index in [0.29, 0.717) is 5.84 Å². The van der Waals surface area contributed by atoms with Crippen molar-refractivity contribution in [3.63, 3.8) is 0 Å². The summed E-state index contributed by atoms with van der Waals surface area (Å²) in [5, 5.41) is 14.9. The topological polar surface area (TPSA) is 70.6 Å². The lowest BCUT2D eigenvalue weighted by molar-refractivity contribution is 0.304. The lowest BCUT2D eigenvalue weighted by Crippen LogP contribution is -2.32. The number of nitrogens with one attached hydrogen (secondary N) is 1. The summed E-state index contributed by atoms with van der Waals surface area (Å²) in [4.78, 5) is 0. The molecule has 0 saturated carbocycles. The molecule has 0 aliphatic carbocycles. The van der Waals surface area contributed by atoms with Gasteiger partial charge in [-0.05, 0) is 32.4 Å². The molecule has 0 saturated heterocycles. The number of hydrogen-bond acceptors (Lipinski definition) is 3. The van der Waals surface area contributed by atoms with Crippen molar-refractivity contribution in [3.05, 3.63) is 12.7 Å². The molecule has 0 atom stereocenters. The summed E-state index contributed by atoms with van der Waals surface area (Å²) >= 11 is 0. The molecule has 0 fully saturated rings. The molecule has 0 amide bonds. The van der Waals surface area contributed by atoms with Gasteiger partial charge in [0.05, 0.1) is 0 Å². The summed E-state index contributed by atoms with van der Waals surface area (Å²) in [6.45, 7) is 9.53. The van der Waals surface area contributed by atoms with E-state index in [0.717, 1.165) is 32.4 Å². The highest BCUT2D eigenvalue weighted by Gasteiger charge is 2.22. The van der Waals surface area contributed by atoms with Crippen LogP contribution in [0.2, 0.25) is 0 Å². The molecular formula is C11H23N3O. The highest BCUT2D eigenvalue weighted by atomic mass is 16.4. The van der Waals surface area contributed by atoms with Crippen molar-refractivity contribution in [1.82, 2.24) is 5.32 Å². The molecule has 0 heterocycles. The van der Waals surface area contributed by atoms with Crippen LogP contribution in [0.3, 0.4) is 0 Å². The van der Waals surface area contributed by atoms with Crippen molar-refractivity contribution in [1.29, 1.82) is 0 Å². The maximum absolute atomic E-state index is 8.58. The van der Waals surface area contributed by atoms with E-state index in [4.69, 9.17) is 10.9 Å². The largest absolute Gasteiger partial charge is 0.409 e. The van der Waals surface area contributed by atoms with Gasteiger partial charge >= 0.3 is 0 Å². The molecule has 0 bridgehead atoms. The second kappa shape index (κ2) is 7.29. The fourth-order valence-corrected chi connectivity index (χ4v) is 1.25. The molecule has 4 nitrogen and oxygen atoms in total. The molecule has 0 aromatic carbocycles. The van der Waals surface area contributed by atoms with Gasteiger partial charge in [0.15, 0.2) is 0 Å².